The lowest BCUT2D eigenvalue weighted by atomic mass is 9.99. The first-order chi connectivity index (χ1) is 9.09. The van der Waals surface area contributed by atoms with Crippen molar-refractivity contribution in [2.45, 2.75) is 31.7 Å². The lowest BCUT2D eigenvalue weighted by Gasteiger charge is -2.34. The van der Waals surface area contributed by atoms with E-state index in [2.05, 4.69) is 4.98 Å². The van der Waals surface area contributed by atoms with Crippen LogP contribution in [-0.2, 0) is 4.79 Å². The molecule has 0 aromatic carbocycles. The van der Waals surface area contributed by atoms with Gasteiger partial charge in [-0.1, -0.05) is 0 Å². The maximum atomic E-state index is 12.3. The number of carboxylic acid groups (broad SMARTS) is 1. The predicted octanol–water partition coefficient (Wildman–Crippen LogP) is 1.26. The fraction of sp³-hybridized carbons (Fsp3) is 0.462. The van der Waals surface area contributed by atoms with Crippen LogP contribution in [0.2, 0.25) is 0 Å². The van der Waals surface area contributed by atoms with E-state index in [1.807, 2.05) is 0 Å². The molecule has 6 heteroatoms. The average Bonchev–Trinajstić information content (AvgIpc) is 2.38. The molecule has 2 rings (SSSR count). The summed E-state index contributed by atoms with van der Waals surface area (Å²) in [6.45, 7) is 0.507. The molecule has 2 heterocycles. The number of carboxylic acids is 1. The zero-order valence-corrected chi connectivity index (χ0v) is 10.5. The second-order valence-electron chi connectivity index (χ2n) is 4.62. The van der Waals surface area contributed by atoms with E-state index in [4.69, 9.17) is 5.11 Å². The SMILES string of the molecule is O=C(O)CC1CCCCN1C(=O)c1ncccc1O. The number of aliphatic carboxylic acids is 1. The molecule has 1 aromatic rings. The number of aromatic hydroxyl groups is 1. The van der Waals surface area contributed by atoms with Crippen molar-refractivity contribution < 1.29 is 19.8 Å². The molecule has 0 saturated carbocycles. The van der Waals surface area contributed by atoms with Gasteiger partial charge in [0.1, 0.15) is 5.75 Å². The van der Waals surface area contributed by atoms with E-state index in [0.29, 0.717) is 13.0 Å². The van der Waals surface area contributed by atoms with Crippen molar-refractivity contribution in [2.24, 2.45) is 0 Å². The zero-order valence-electron chi connectivity index (χ0n) is 10.5. The van der Waals surface area contributed by atoms with Crippen LogP contribution in [0.1, 0.15) is 36.2 Å². The number of likely N-dealkylation sites (tertiary alicyclic amines) is 1. The molecule has 1 aromatic heterocycles. The summed E-state index contributed by atoms with van der Waals surface area (Å²) in [4.78, 5) is 28.6. The molecule has 19 heavy (non-hydrogen) atoms. The molecule has 0 spiro atoms. The lowest BCUT2D eigenvalue weighted by Crippen LogP contribution is -2.45. The Morgan fingerprint density at radius 2 is 2.21 bits per heavy atom. The number of nitrogens with zero attached hydrogens (tertiary/aromatic N) is 2. The first kappa shape index (κ1) is 13.3. The van der Waals surface area contributed by atoms with E-state index in [9.17, 15) is 14.7 Å². The van der Waals surface area contributed by atoms with Crippen molar-refractivity contribution in [1.29, 1.82) is 0 Å². The van der Waals surface area contributed by atoms with E-state index in [1.54, 1.807) is 0 Å². The molecule has 1 amide bonds. The minimum absolute atomic E-state index is 0.0141. The first-order valence-corrected chi connectivity index (χ1v) is 6.26. The van der Waals surface area contributed by atoms with Gasteiger partial charge in [-0.15, -0.1) is 0 Å². The molecular formula is C13H16N2O4. The number of rotatable bonds is 3. The van der Waals surface area contributed by atoms with Crippen LogP contribution < -0.4 is 0 Å². The molecule has 1 aliphatic rings. The Hall–Kier alpha value is -2.11. The third-order valence-corrected chi connectivity index (χ3v) is 3.29. The minimum atomic E-state index is -0.921. The van der Waals surface area contributed by atoms with Crippen molar-refractivity contribution in [3.05, 3.63) is 24.0 Å². The summed E-state index contributed by atoms with van der Waals surface area (Å²) in [5.41, 5.74) is -0.0141. The quantitative estimate of drug-likeness (QED) is 0.857. The maximum Gasteiger partial charge on any atom is 0.305 e. The monoisotopic (exact) mass is 264 g/mol. The largest absolute Gasteiger partial charge is 0.505 e. The number of carbonyl (C=O) groups is 2. The van der Waals surface area contributed by atoms with Crippen LogP contribution >= 0.6 is 0 Å². The number of carbonyl (C=O) groups excluding carboxylic acids is 1. The van der Waals surface area contributed by atoms with Crippen molar-refractivity contribution in [1.82, 2.24) is 9.88 Å². The van der Waals surface area contributed by atoms with Gasteiger partial charge in [0.2, 0.25) is 0 Å². The molecule has 1 aliphatic heterocycles. The summed E-state index contributed by atoms with van der Waals surface area (Å²) < 4.78 is 0. The van der Waals surface area contributed by atoms with Crippen molar-refractivity contribution in [2.75, 3.05) is 6.54 Å². The molecule has 2 N–H and O–H groups in total. The van der Waals surface area contributed by atoms with Gasteiger partial charge in [0.15, 0.2) is 5.69 Å². The number of pyridine rings is 1. The van der Waals surface area contributed by atoms with Gasteiger partial charge in [-0.3, -0.25) is 9.59 Å². The highest BCUT2D eigenvalue weighted by atomic mass is 16.4. The van der Waals surface area contributed by atoms with E-state index in [-0.39, 0.29) is 23.9 Å². The van der Waals surface area contributed by atoms with E-state index in [0.717, 1.165) is 12.8 Å². The van der Waals surface area contributed by atoms with Crippen molar-refractivity contribution in [3.8, 4) is 5.75 Å². The molecule has 1 fully saturated rings. The summed E-state index contributed by atoms with van der Waals surface area (Å²) in [6.07, 6.45) is 3.79. The number of amides is 1. The minimum Gasteiger partial charge on any atom is -0.505 e. The fourth-order valence-corrected chi connectivity index (χ4v) is 2.38. The zero-order chi connectivity index (χ0) is 13.8. The van der Waals surface area contributed by atoms with Gasteiger partial charge in [-0.05, 0) is 31.4 Å². The summed E-state index contributed by atoms with van der Waals surface area (Å²) in [5.74, 6) is -1.49. The third kappa shape index (κ3) is 3.01. The van der Waals surface area contributed by atoms with Crippen LogP contribution in [-0.4, -0.2) is 44.6 Å². The van der Waals surface area contributed by atoms with Crippen LogP contribution in [0.5, 0.6) is 5.75 Å². The van der Waals surface area contributed by atoms with Crippen LogP contribution in [0, 0.1) is 0 Å². The molecule has 1 saturated heterocycles. The van der Waals surface area contributed by atoms with Crippen molar-refractivity contribution >= 4 is 11.9 Å². The summed E-state index contributed by atoms with van der Waals surface area (Å²) >= 11 is 0. The Morgan fingerprint density at radius 3 is 2.89 bits per heavy atom. The van der Waals surface area contributed by atoms with Gasteiger partial charge in [-0.25, -0.2) is 4.98 Å². The highest BCUT2D eigenvalue weighted by Crippen LogP contribution is 2.24. The van der Waals surface area contributed by atoms with Gasteiger partial charge in [0.05, 0.1) is 6.42 Å². The fourth-order valence-electron chi connectivity index (χ4n) is 2.38. The van der Waals surface area contributed by atoms with Crippen LogP contribution in [0.4, 0.5) is 0 Å². The van der Waals surface area contributed by atoms with Gasteiger partial charge in [-0.2, -0.15) is 0 Å². The molecule has 0 aliphatic carbocycles. The number of hydrogen-bond acceptors (Lipinski definition) is 4. The van der Waals surface area contributed by atoms with E-state index < -0.39 is 11.9 Å². The molecule has 0 radical (unpaired) electrons. The van der Waals surface area contributed by atoms with Gasteiger partial charge in [0.25, 0.3) is 5.91 Å². The van der Waals surface area contributed by atoms with E-state index >= 15 is 0 Å². The molecule has 102 valence electrons. The summed E-state index contributed by atoms with van der Waals surface area (Å²) in [7, 11) is 0. The normalized spacial score (nSPS) is 19.2. The van der Waals surface area contributed by atoms with Gasteiger partial charge >= 0.3 is 5.97 Å². The lowest BCUT2D eigenvalue weighted by molar-refractivity contribution is -0.138. The number of hydrogen-bond donors (Lipinski definition) is 2. The Bertz CT molecular complexity index is 489. The smallest absolute Gasteiger partial charge is 0.305 e. The number of piperidine rings is 1. The Morgan fingerprint density at radius 1 is 1.42 bits per heavy atom. The topological polar surface area (TPSA) is 90.7 Å². The Kier molecular flexibility index (Phi) is 3.99. The summed E-state index contributed by atoms with van der Waals surface area (Å²) in [5, 5.41) is 18.5. The number of aromatic nitrogens is 1. The standard InChI is InChI=1S/C13H16N2O4/c16-10-5-3-6-14-12(10)13(19)15-7-2-1-4-9(15)8-11(17)18/h3,5-6,9,16H,1-2,4,7-8H2,(H,17,18). The molecule has 0 bridgehead atoms. The van der Waals surface area contributed by atoms with Crippen molar-refractivity contribution in [3.63, 3.8) is 0 Å². The molecule has 1 atom stereocenters. The maximum absolute atomic E-state index is 12.3. The molecular weight excluding hydrogens is 248 g/mol. The average molecular weight is 264 g/mol. The third-order valence-electron chi connectivity index (χ3n) is 3.29. The van der Waals surface area contributed by atoms with Crippen LogP contribution in [0.25, 0.3) is 0 Å². The predicted molar refractivity (Wildman–Crippen MR) is 66.8 cm³/mol. The highest BCUT2D eigenvalue weighted by molar-refractivity contribution is 5.95. The van der Waals surface area contributed by atoms with Gasteiger partial charge in [0, 0.05) is 18.8 Å². The highest BCUT2D eigenvalue weighted by Gasteiger charge is 2.30. The first-order valence-electron chi connectivity index (χ1n) is 6.26. The molecule has 6 nitrogen and oxygen atoms in total. The van der Waals surface area contributed by atoms with E-state index in [1.165, 1.54) is 23.2 Å². The second kappa shape index (κ2) is 5.69. The Labute approximate surface area is 110 Å². The van der Waals surface area contributed by atoms with Crippen LogP contribution in [0.15, 0.2) is 18.3 Å². The van der Waals surface area contributed by atoms with Crippen LogP contribution in [0.3, 0.4) is 0 Å². The Balaban J connectivity index is 2.20. The molecule has 1 unspecified atom stereocenters. The van der Waals surface area contributed by atoms with Gasteiger partial charge < -0.3 is 15.1 Å². The summed E-state index contributed by atoms with van der Waals surface area (Å²) in [6, 6.07) is 2.62. The second-order valence-corrected chi connectivity index (χ2v) is 4.62.